The monoisotopic (exact) mass is 285 g/mol. The highest BCUT2D eigenvalue weighted by Crippen LogP contribution is 2.11. The summed E-state index contributed by atoms with van der Waals surface area (Å²) in [5.41, 5.74) is 0.859. The third-order valence-corrected chi connectivity index (χ3v) is 3.28. The van der Waals surface area contributed by atoms with Crippen LogP contribution in [0.2, 0.25) is 0 Å². The molecule has 0 spiro atoms. The van der Waals surface area contributed by atoms with E-state index in [0.29, 0.717) is 6.54 Å². The van der Waals surface area contributed by atoms with Crippen molar-refractivity contribution >= 4 is 27.5 Å². The molecular formula is C9H8BrN3OS. The van der Waals surface area contributed by atoms with Gasteiger partial charge in [0.1, 0.15) is 0 Å². The van der Waals surface area contributed by atoms with Crippen LogP contribution in [0.4, 0.5) is 0 Å². The number of aromatic nitrogens is 3. The maximum Gasteiger partial charge on any atom is 0.250 e. The summed E-state index contributed by atoms with van der Waals surface area (Å²) < 4.78 is 6.35. The Morgan fingerprint density at radius 3 is 3.00 bits per heavy atom. The minimum atomic E-state index is -0.0222. The van der Waals surface area contributed by atoms with Crippen molar-refractivity contribution in [3.05, 3.63) is 43.7 Å². The Balaban J connectivity index is 2.36. The zero-order valence-electron chi connectivity index (χ0n) is 7.98. The largest absolute Gasteiger partial charge is 0.309 e. The molecule has 0 aliphatic carbocycles. The highest BCUT2D eigenvalue weighted by molar-refractivity contribution is 9.10. The molecule has 0 aliphatic heterocycles. The third kappa shape index (κ3) is 2.32. The minimum absolute atomic E-state index is 0.0222. The van der Waals surface area contributed by atoms with Gasteiger partial charge in [-0.2, -0.15) is 0 Å². The molecule has 15 heavy (non-hydrogen) atoms. The quantitative estimate of drug-likeness (QED) is 0.846. The number of aryl methyl sites for hydroxylation is 1. The first-order valence-electron chi connectivity index (χ1n) is 4.30. The summed E-state index contributed by atoms with van der Waals surface area (Å²) in [6.45, 7) is 2.42. The van der Waals surface area contributed by atoms with E-state index < -0.39 is 0 Å². The summed E-state index contributed by atoms with van der Waals surface area (Å²) >= 11 is 4.65. The van der Waals surface area contributed by atoms with Crippen molar-refractivity contribution in [3.63, 3.8) is 0 Å². The molecule has 2 rings (SSSR count). The lowest BCUT2D eigenvalue weighted by atomic mass is 10.4. The average Bonchev–Trinajstić information content (AvgIpc) is 2.58. The van der Waals surface area contributed by atoms with Gasteiger partial charge in [0.2, 0.25) is 0 Å². The molecule has 6 heteroatoms. The first-order valence-corrected chi connectivity index (χ1v) is 5.87. The Bertz CT molecular complexity index is 534. The highest BCUT2D eigenvalue weighted by Gasteiger charge is 2.05. The van der Waals surface area contributed by atoms with E-state index in [-0.39, 0.29) is 5.56 Å². The van der Waals surface area contributed by atoms with Crippen LogP contribution < -0.4 is 5.56 Å². The number of nitrogens with zero attached hydrogens (tertiary/aromatic N) is 3. The maximum absolute atomic E-state index is 11.5. The smallest absolute Gasteiger partial charge is 0.250 e. The molecule has 0 aliphatic rings. The van der Waals surface area contributed by atoms with Gasteiger partial charge < -0.3 is 4.57 Å². The third-order valence-electron chi connectivity index (χ3n) is 2.01. The second-order valence-electron chi connectivity index (χ2n) is 3.09. The Labute approximate surface area is 98.9 Å². The topological polar surface area (TPSA) is 47.8 Å². The summed E-state index contributed by atoms with van der Waals surface area (Å²) in [4.78, 5) is 12.5. The summed E-state index contributed by atoms with van der Waals surface area (Å²) in [7, 11) is 0. The van der Waals surface area contributed by atoms with E-state index >= 15 is 0 Å². The van der Waals surface area contributed by atoms with E-state index in [4.69, 9.17) is 0 Å². The van der Waals surface area contributed by atoms with E-state index in [1.165, 1.54) is 17.6 Å². The molecule has 0 amide bonds. The lowest BCUT2D eigenvalue weighted by molar-refractivity contribution is 0.760. The van der Waals surface area contributed by atoms with Gasteiger partial charge in [0.05, 0.1) is 17.1 Å². The van der Waals surface area contributed by atoms with Gasteiger partial charge in [0, 0.05) is 16.7 Å². The van der Waals surface area contributed by atoms with Crippen molar-refractivity contribution in [3.8, 4) is 0 Å². The molecule has 0 aromatic carbocycles. The first-order chi connectivity index (χ1) is 7.16. The van der Waals surface area contributed by atoms with Gasteiger partial charge in [-0.3, -0.25) is 4.79 Å². The molecule has 0 atom stereocenters. The zero-order valence-corrected chi connectivity index (χ0v) is 10.4. The number of hydrogen-bond acceptors (Lipinski definition) is 4. The summed E-state index contributed by atoms with van der Waals surface area (Å²) in [6, 6.07) is 3.27. The Hall–Kier alpha value is -1.01. The predicted octanol–water partition coefficient (Wildman–Crippen LogP) is 1.82. The van der Waals surface area contributed by atoms with Crippen LogP contribution in [-0.2, 0) is 6.54 Å². The molecule has 0 saturated heterocycles. The normalized spacial score (nSPS) is 10.5. The van der Waals surface area contributed by atoms with Gasteiger partial charge in [-0.1, -0.05) is 4.49 Å². The van der Waals surface area contributed by atoms with Crippen molar-refractivity contribution in [1.29, 1.82) is 0 Å². The van der Waals surface area contributed by atoms with Crippen molar-refractivity contribution in [2.24, 2.45) is 0 Å². The zero-order chi connectivity index (χ0) is 10.8. The average molecular weight is 286 g/mol. The van der Waals surface area contributed by atoms with E-state index in [1.807, 2.05) is 6.92 Å². The van der Waals surface area contributed by atoms with Crippen LogP contribution in [0.3, 0.4) is 0 Å². The fraction of sp³-hybridized carbons (Fsp3) is 0.222. The second-order valence-corrected chi connectivity index (χ2v) is 4.85. The van der Waals surface area contributed by atoms with Gasteiger partial charge >= 0.3 is 0 Å². The molecule has 78 valence electrons. The van der Waals surface area contributed by atoms with Crippen molar-refractivity contribution in [1.82, 2.24) is 14.2 Å². The van der Waals surface area contributed by atoms with Crippen LogP contribution in [0.15, 0.2) is 27.6 Å². The van der Waals surface area contributed by atoms with Gasteiger partial charge in [0.25, 0.3) is 5.56 Å². The fourth-order valence-electron chi connectivity index (χ4n) is 1.18. The minimum Gasteiger partial charge on any atom is -0.309 e. The van der Waals surface area contributed by atoms with Crippen LogP contribution in [0.5, 0.6) is 0 Å². The molecule has 4 nitrogen and oxygen atoms in total. The predicted molar refractivity (Wildman–Crippen MR) is 62.2 cm³/mol. The van der Waals surface area contributed by atoms with Gasteiger partial charge in [0.15, 0.2) is 0 Å². The van der Waals surface area contributed by atoms with Crippen molar-refractivity contribution in [2.75, 3.05) is 0 Å². The van der Waals surface area contributed by atoms with Crippen molar-refractivity contribution < 1.29 is 0 Å². The summed E-state index contributed by atoms with van der Waals surface area (Å²) in [5.74, 6) is 0. The molecule has 0 bridgehead atoms. The SMILES string of the molecule is Cc1nnsc1Cn1cc(Br)ccc1=O. The molecule has 0 N–H and O–H groups in total. The second kappa shape index (κ2) is 4.24. The maximum atomic E-state index is 11.5. The van der Waals surface area contributed by atoms with Crippen LogP contribution in [0.25, 0.3) is 0 Å². The number of rotatable bonds is 2. The van der Waals surface area contributed by atoms with Crippen molar-refractivity contribution in [2.45, 2.75) is 13.5 Å². The lowest BCUT2D eigenvalue weighted by Crippen LogP contribution is -2.18. The molecule has 2 heterocycles. The van der Waals surface area contributed by atoms with Crippen LogP contribution in [0, 0.1) is 6.92 Å². The summed E-state index contributed by atoms with van der Waals surface area (Å²) in [6.07, 6.45) is 1.77. The first kappa shape index (κ1) is 10.5. The molecule has 0 radical (unpaired) electrons. The highest BCUT2D eigenvalue weighted by atomic mass is 79.9. The van der Waals surface area contributed by atoms with E-state index in [2.05, 4.69) is 25.5 Å². The number of halogens is 1. The van der Waals surface area contributed by atoms with Crippen LogP contribution in [-0.4, -0.2) is 14.2 Å². The van der Waals surface area contributed by atoms with Gasteiger partial charge in [-0.15, -0.1) is 5.10 Å². The Morgan fingerprint density at radius 2 is 2.33 bits per heavy atom. The van der Waals surface area contributed by atoms with E-state index in [9.17, 15) is 4.79 Å². The van der Waals surface area contributed by atoms with Gasteiger partial charge in [-0.05, 0) is 40.5 Å². The molecule has 0 unspecified atom stereocenters. The number of hydrogen-bond donors (Lipinski definition) is 0. The molecule has 0 fully saturated rings. The molecule has 2 aromatic rings. The van der Waals surface area contributed by atoms with E-state index in [1.54, 1.807) is 16.8 Å². The summed E-state index contributed by atoms with van der Waals surface area (Å²) in [5, 5.41) is 3.91. The van der Waals surface area contributed by atoms with Crippen LogP contribution in [0.1, 0.15) is 10.6 Å². The Morgan fingerprint density at radius 1 is 1.53 bits per heavy atom. The fourth-order valence-corrected chi connectivity index (χ4v) is 2.19. The molecule has 2 aromatic heterocycles. The Kier molecular flexibility index (Phi) is 2.97. The van der Waals surface area contributed by atoms with Crippen LogP contribution >= 0.6 is 27.5 Å². The molecular weight excluding hydrogens is 278 g/mol. The number of pyridine rings is 1. The molecule has 0 saturated carbocycles. The standard InChI is InChI=1S/C9H8BrN3OS/c1-6-8(15-12-11-6)5-13-4-7(10)2-3-9(13)14/h2-4H,5H2,1H3. The van der Waals surface area contributed by atoms with Gasteiger partial charge in [-0.25, -0.2) is 0 Å². The lowest BCUT2D eigenvalue weighted by Gasteiger charge is -2.03. The van der Waals surface area contributed by atoms with E-state index in [0.717, 1.165) is 15.0 Å².